The average Bonchev–Trinajstić information content (AvgIpc) is 2.53. The third kappa shape index (κ3) is 22.1. The third-order valence-electron chi connectivity index (χ3n) is 2.08. The largest absolute Gasteiger partial charge is 1.00 e. The van der Waals surface area contributed by atoms with Crippen LogP contribution in [0.4, 0.5) is 0 Å². The van der Waals surface area contributed by atoms with E-state index < -0.39 is 23.4 Å². The minimum absolute atomic E-state index is 0. The van der Waals surface area contributed by atoms with Crippen molar-refractivity contribution in [3.63, 3.8) is 0 Å². The molecule has 0 saturated carbocycles. The van der Waals surface area contributed by atoms with Gasteiger partial charge in [-0.15, -0.1) is 0 Å². The van der Waals surface area contributed by atoms with Crippen LogP contribution < -0.4 is 65.3 Å². The van der Waals surface area contributed by atoms with Gasteiger partial charge in [-0.3, -0.25) is 4.57 Å². The van der Waals surface area contributed by atoms with Crippen molar-refractivity contribution in [2.75, 3.05) is 0 Å². The molecule has 14 nitrogen and oxygen atoms in total. The molecule has 160 valence electrons. The van der Waals surface area contributed by atoms with Gasteiger partial charge in [0.05, 0.1) is 0 Å². The Morgan fingerprint density at radius 3 is 1.30 bits per heavy atom. The number of nitrogens with zero attached hydrogens (tertiary/aromatic N) is 3. The predicted octanol–water partition coefficient (Wildman–Crippen LogP) is -0.922. The maximum Gasteiger partial charge on any atom is 1.00 e. The van der Waals surface area contributed by atoms with Crippen LogP contribution in [0.25, 0.3) is 10.4 Å². The molecular weight excluding hydrogens is 494 g/mol. The summed E-state index contributed by atoms with van der Waals surface area (Å²) in [5.41, 5.74) is 8.48. The number of azide groups is 1. The van der Waals surface area contributed by atoms with Gasteiger partial charge in [-0.1, -0.05) is 36.4 Å². The fraction of sp³-hybridized carbons (Fsp3) is 0. The van der Waals surface area contributed by atoms with Crippen LogP contribution in [0.3, 0.4) is 0 Å². The van der Waals surface area contributed by atoms with Crippen molar-refractivity contribution in [1.29, 1.82) is 0 Å². The molecular formula is C12H15KN3O11P3. The zero-order chi connectivity index (χ0) is 22.6. The minimum Gasteiger partial charge on any atom is -0.756 e. The number of hydrogen-bond acceptors (Lipinski definition) is 6. The molecule has 0 radical (unpaired) electrons. The molecule has 5 N–H and O–H groups in total. The molecule has 18 heteroatoms. The Kier molecular flexibility index (Phi) is 16.1. The quantitative estimate of drug-likeness (QED) is 0.108. The van der Waals surface area contributed by atoms with Crippen molar-refractivity contribution in [2.45, 2.75) is 0 Å². The summed E-state index contributed by atoms with van der Waals surface area (Å²) in [6, 6.07) is 16.8. The van der Waals surface area contributed by atoms with Gasteiger partial charge in [0.2, 0.25) is 0 Å². The summed E-state index contributed by atoms with van der Waals surface area (Å²) < 4.78 is 40.3. The summed E-state index contributed by atoms with van der Waals surface area (Å²) in [6.45, 7) is 0. The van der Waals surface area contributed by atoms with Crippen LogP contribution in [-0.4, -0.2) is 24.5 Å². The first kappa shape index (κ1) is 31.6. The van der Waals surface area contributed by atoms with E-state index in [0.29, 0.717) is 11.5 Å². The Labute approximate surface area is 212 Å². The van der Waals surface area contributed by atoms with E-state index >= 15 is 0 Å². The van der Waals surface area contributed by atoms with Gasteiger partial charge in [-0.25, -0.2) is 9.13 Å². The molecule has 0 heterocycles. The summed E-state index contributed by atoms with van der Waals surface area (Å²) in [7, 11) is -13.5. The van der Waals surface area contributed by atoms with Crippen LogP contribution in [0.2, 0.25) is 0 Å². The molecule has 2 aromatic rings. The van der Waals surface area contributed by atoms with E-state index in [1.807, 2.05) is 0 Å². The summed E-state index contributed by atoms with van der Waals surface area (Å²) in [6.07, 6.45) is 0. The van der Waals surface area contributed by atoms with Gasteiger partial charge >= 0.3 is 67.0 Å². The fourth-order valence-corrected chi connectivity index (χ4v) is 2.32. The van der Waals surface area contributed by atoms with Crippen molar-refractivity contribution >= 4 is 23.4 Å². The molecule has 0 unspecified atom stereocenters. The van der Waals surface area contributed by atoms with Crippen molar-refractivity contribution in [2.24, 2.45) is 4.88 Å². The standard InChI is InChI=1S/C12H10N3O3P.K.2H3O4P/c13-14-15-19(16,17-11-7-3-1-4-8-11)18-12-9-5-2-6-10-12;;2*1-5(2,3)4/h1-10H;;2*(H3,1,2,3,4)/q;+1;;/p-1. The van der Waals surface area contributed by atoms with E-state index in [9.17, 15) is 4.57 Å². The number of hydrogen-bond donors (Lipinski definition) is 5. The molecule has 2 rings (SSSR count). The number of para-hydroxylation sites is 2. The summed E-state index contributed by atoms with van der Waals surface area (Å²) in [5.74, 6) is 0.600. The molecule has 0 spiro atoms. The van der Waals surface area contributed by atoms with Crippen LogP contribution in [0.5, 0.6) is 11.5 Å². The van der Waals surface area contributed by atoms with Gasteiger partial charge in [-0.2, -0.15) is 0 Å². The van der Waals surface area contributed by atoms with Crippen LogP contribution in [0, 0.1) is 0 Å². The van der Waals surface area contributed by atoms with Gasteiger partial charge in [0.1, 0.15) is 11.5 Å². The molecule has 0 aliphatic rings. The van der Waals surface area contributed by atoms with Crippen molar-refractivity contribution in [3.8, 4) is 11.5 Å². The van der Waals surface area contributed by atoms with Crippen LogP contribution >= 0.6 is 23.4 Å². The van der Waals surface area contributed by atoms with E-state index in [-0.39, 0.29) is 51.4 Å². The zero-order valence-corrected chi connectivity index (χ0v) is 20.9. The first-order valence-corrected chi connectivity index (χ1v) is 11.5. The molecule has 2 aromatic carbocycles. The molecule has 0 aliphatic carbocycles. The van der Waals surface area contributed by atoms with Gasteiger partial charge in [0, 0.05) is 9.80 Å². The van der Waals surface area contributed by atoms with Gasteiger partial charge in [0.25, 0.3) is 7.82 Å². The molecule has 0 aromatic heterocycles. The minimum atomic E-state index is -4.89. The van der Waals surface area contributed by atoms with Gasteiger partial charge < -0.3 is 38.4 Å². The Morgan fingerprint density at radius 2 is 1.07 bits per heavy atom. The fourth-order valence-electron chi connectivity index (χ4n) is 1.33. The van der Waals surface area contributed by atoms with E-state index in [1.165, 1.54) is 0 Å². The Bertz CT molecular complexity index is 850. The van der Waals surface area contributed by atoms with E-state index in [0.717, 1.165) is 0 Å². The number of phosphoric acid groups is 2. The topological polar surface area (TPSA) is 243 Å². The Balaban J connectivity index is 0. The Morgan fingerprint density at radius 1 is 0.800 bits per heavy atom. The number of rotatable bonds is 5. The van der Waals surface area contributed by atoms with Crippen molar-refractivity contribution < 1.29 is 103 Å². The van der Waals surface area contributed by atoms with Crippen molar-refractivity contribution in [1.82, 2.24) is 0 Å². The van der Waals surface area contributed by atoms with E-state index in [2.05, 4.69) is 9.80 Å². The van der Waals surface area contributed by atoms with E-state index in [1.54, 1.807) is 60.7 Å². The monoisotopic (exact) mass is 509 g/mol. The maximum absolute atomic E-state index is 12.3. The van der Waals surface area contributed by atoms with Crippen LogP contribution in [-0.2, 0) is 13.7 Å². The van der Waals surface area contributed by atoms with Gasteiger partial charge in [-0.05, 0) is 29.8 Å². The number of benzene rings is 2. The van der Waals surface area contributed by atoms with Crippen LogP contribution in [0.15, 0.2) is 65.5 Å². The molecule has 0 bridgehead atoms. The molecule has 0 fully saturated rings. The van der Waals surface area contributed by atoms with Crippen LogP contribution in [0.1, 0.15) is 0 Å². The first-order chi connectivity index (χ1) is 13.2. The normalized spacial score (nSPS) is 10.5. The van der Waals surface area contributed by atoms with E-state index in [4.69, 9.17) is 53.1 Å². The summed E-state index contributed by atoms with van der Waals surface area (Å²) >= 11 is 0. The van der Waals surface area contributed by atoms with Crippen molar-refractivity contribution in [3.05, 3.63) is 71.1 Å². The maximum atomic E-state index is 12.3. The molecule has 30 heavy (non-hydrogen) atoms. The van der Waals surface area contributed by atoms with Gasteiger partial charge in [0.15, 0.2) is 0 Å². The first-order valence-electron chi connectivity index (χ1n) is 6.93. The molecule has 0 atom stereocenters. The molecule has 0 aliphatic heterocycles. The SMILES string of the molecule is O=P(O)(O)O.O=P([O-])(O)O.[K+].[N-]=[N+]=NP(=O)(Oc1ccccc1)Oc1ccccc1. The second-order valence-electron chi connectivity index (χ2n) is 4.46. The molecule has 0 saturated heterocycles. The second-order valence-corrected chi connectivity index (χ2v) is 7.95. The third-order valence-corrected chi connectivity index (χ3v) is 3.26. The zero-order valence-electron chi connectivity index (χ0n) is 15.1. The summed E-state index contributed by atoms with van der Waals surface area (Å²) in [4.78, 5) is 50.1. The smallest absolute Gasteiger partial charge is 0.756 e. The summed E-state index contributed by atoms with van der Waals surface area (Å²) in [5, 5.41) is 0. The predicted molar refractivity (Wildman–Crippen MR) is 97.2 cm³/mol. The molecule has 0 amide bonds. The average molecular weight is 509 g/mol. The Hall–Kier alpha value is -0.564. The second kappa shape index (κ2) is 15.3.